The van der Waals surface area contributed by atoms with Gasteiger partial charge in [0.05, 0.1) is 0 Å². The highest BCUT2D eigenvalue weighted by atomic mass is 32.1. The third-order valence-electron chi connectivity index (χ3n) is 4.10. The van der Waals surface area contributed by atoms with Crippen molar-refractivity contribution in [1.29, 1.82) is 0 Å². The van der Waals surface area contributed by atoms with E-state index in [1.165, 1.54) is 30.6 Å². The van der Waals surface area contributed by atoms with E-state index >= 15 is 0 Å². The van der Waals surface area contributed by atoms with Gasteiger partial charge in [-0.2, -0.15) is 0 Å². The molecule has 1 fully saturated rings. The maximum Gasteiger partial charge on any atom is 0.188 e. The topological polar surface area (TPSA) is 50.4 Å². The van der Waals surface area contributed by atoms with Crippen LogP contribution in [0.15, 0.2) is 22.5 Å². The zero-order chi connectivity index (χ0) is 14.4. The van der Waals surface area contributed by atoms with Crippen LogP contribution in [0, 0.1) is 11.3 Å². The maximum atomic E-state index is 5.97. The molecule has 1 aliphatic carbocycles. The smallest absolute Gasteiger partial charge is 0.188 e. The van der Waals surface area contributed by atoms with Gasteiger partial charge in [-0.15, -0.1) is 11.3 Å². The van der Waals surface area contributed by atoms with Crippen molar-refractivity contribution < 1.29 is 0 Å². The zero-order valence-corrected chi connectivity index (χ0v) is 13.5. The first kappa shape index (κ1) is 15.4. The van der Waals surface area contributed by atoms with Crippen molar-refractivity contribution in [2.75, 3.05) is 13.1 Å². The molecule has 0 radical (unpaired) electrons. The second-order valence-electron chi connectivity index (χ2n) is 6.41. The molecule has 0 spiro atoms. The summed E-state index contributed by atoms with van der Waals surface area (Å²) in [4.78, 5) is 5.97. The predicted molar refractivity (Wildman–Crippen MR) is 88.3 cm³/mol. The summed E-state index contributed by atoms with van der Waals surface area (Å²) in [6, 6.07) is 4.25. The summed E-state index contributed by atoms with van der Waals surface area (Å²) in [5, 5.41) is 5.34. The molecule has 0 saturated heterocycles. The van der Waals surface area contributed by atoms with Crippen molar-refractivity contribution in [3.63, 3.8) is 0 Å². The van der Waals surface area contributed by atoms with Gasteiger partial charge in [-0.05, 0) is 48.5 Å². The highest BCUT2D eigenvalue weighted by molar-refractivity contribution is 7.09. The Morgan fingerprint density at radius 2 is 2.30 bits per heavy atom. The summed E-state index contributed by atoms with van der Waals surface area (Å²) >= 11 is 1.79. The summed E-state index contributed by atoms with van der Waals surface area (Å²) in [7, 11) is 0. The minimum atomic E-state index is 0.439. The Bertz CT molecular complexity index is 419. The van der Waals surface area contributed by atoms with Crippen LogP contribution in [-0.2, 0) is 6.42 Å². The first-order chi connectivity index (χ1) is 9.60. The number of aliphatic imine (C=N–C) groups is 1. The van der Waals surface area contributed by atoms with Crippen molar-refractivity contribution in [2.24, 2.45) is 22.1 Å². The van der Waals surface area contributed by atoms with E-state index in [0.29, 0.717) is 11.4 Å². The molecule has 0 aromatic carbocycles. The average Bonchev–Trinajstić information content (AvgIpc) is 2.85. The number of hydrogen-bond donors (Lipinski definition) is 2. The molecule has 1 aromatic rings. The van der Waals surface area contributed by atoms with Crippen LogP contribution < -0.4 is 11.1 Å². The summed E-state index contributed by atoms with van der Waals surface area (Å²) in [6.45, 7) is 6.36. The van der Waals surface area contributed by atoms with Gasteiger partial charge < -0.3 is 11.1 Å². The van der Waals surface area contributed by atoms with E-state index in [1.54, 1.807) is 11.3 Å². The van der Waals surface area contributed by atoms with Crippen molar-refractivity contribution in [3.05, 3.63) is 22.4 Å². The zero-order valence-electron chi connectivity index (χ0n) is 12.7. The molecule has 3 N–H and O–H groups in total. The van der Waals surface area contributed by atoms with Crippen LogP contribution in [0.5, 0.6) is 0 Å². The highest BCUT2D eigenvalue weighted by Gasteiger charge is 2.37. The van der Waals surface area contributed by atoms with Gasteiger partial charge in [0.15, 0.2) is 5.96 Å². The molecule has 0 amide bonds. The van der Waals surface area contributed by atoms with Gasteiger partial charge >= 0.3 is 0 Å². The van der Waals surface area contributed by atoms with E-state index in [1.807, 2.05) is 0 Å². The Hall–Kier alpha value is -1.03. The lowest BCUT2D eigenvalue weighted by Crippen LogP contribution is -2.38. The summed E-state index contributed by atoms with van der Waals surface area (Å²) in [6.07, 6.45) is 6.28. The first-order valence-electron chi connectivity index (χ1n) is 7.66. The number of hydrogen-bond acceptors (Lipinski definition) is 2. The fraction of sp³-hybridized carbons (Fsp3) is 0.688. The number of nitrogens with zero attached hydrogens (tertiary/aromatic N) is 1. The molecule has 0 bridgehead atoms. The van der Waals surface area contributed by atoms with E-state index in [-0.39, 0.29) is 0 Å². The SMILES string of the molecule is CC(C)CC1(CN=C(N)NCCc2cccs2)CCC1. The number of nitrogens with one attached hydrogen (secondary N) is 1. The van der Waals surface area contributed by atoms with Crippen LogP contribution in [0.4, 0.5) is 0 Å². The van der Waals surface area contributed by atoms with E-state index in [0.717, 1.165) is 25.4 Å². The van der Waals surface area contributed by atoms with Gasteiger partial charge in [-0.1, -0.05) is 26.3 Å². The van der Waals surface area contributed by atoms with Crippen molar-refractivity contribution in [2.45, 2.75) is 46.0 Å². The third kappa shape index (κ3) is 4.51. The molecule has 1 heterocycles. The molecular formula is C16H27N3S. The molecule has 3 nitrogen and oxygen atoms in total. The van der Waals surface area contributed by atoms with Gasteiger partial charge in [-0.3, -0.25) is 4.99 Å². The van der Waals surface area contributed by atoms with Crippen molar-refractivity contribution >= 4 is 17.3 Å². The van der Waals surface area contributed by atoms with E-state index in [4.69, 9.17) is 5.73 Å². The molecular weight excluding hydrogens is 266 g/mol. The second-order valence-corrected chi connectivity index (χ2v) is 7.44. The monoisotopic (exact) mass is 293 g/mol. The highest BCUT2D eigenvalue weighted by Crippen LogP contribution is 2.46. The first-order valence-corrected chi connectivity index (χ1v) is 8.54. The van der Waals surface area contributed by atoms with Crippen LogP contribution >= 0.6 is 11.3 Å². The van der Waals surface area contributed by atoms with Gasteiger partial charge in [0.1, 0.15) is 0 Å². The second kappa shape index (κ2) is 7.11. The van der Waals surface area contributed by atoms with Gasteiger partial charge in [0.25, 0.3) is 0 Å². The molecule has 112 valence electrons. The standard InChI is InChI=1S/C16H27N3S/c1-13(2)11-16(7-4-8-16)12-19-15(17)18-9-6-14-5-3-10-20-14/h3,5,10,13H,4,6-9,11-12H2,1-2H3,(H3,17,18,19). The Morgan fingerprint density at radius 3 is 2.85 bits per heavy atom. The summed E-state index contributed by atoms with van der Waals surface area (Å²) in [5.41, 5.74) is 6.41. The van der Waals surface area contributed by atoms with Gasteiger partial charge in [0, 0.05) is 18.0 Å². The Labute approximate surface area is 126 Å². The lowest BCUT2D eigenvalue weighted by molar-refractivity contribution is 0.111. The lowest BCUT2D eigenvalue weighted by Gasteiger charge is -2.42. The van der Waals surface area contributed by atoms with Crippen LogP contribution in [-0.4, -0.2) is 19.0 Å². The lowest BCUT2D eigenvalue weighted by atomic mass is 9.64. The molecule has 0 aliphatic heterocycles. The van der Waals surface area contributed by atoms with Crippen molar-refractivity contribution in [1.82, 2.24) is 5.32 Å². The Kier molecular flexibility index (Phi) is 5.46. The maximum absolute atomic E-state index is 5.97. The Balaban J connectivity index is 1.72. The van der Waals surface area contributed by atoms with Crippen LogP contribution in [0.3, 0.4) is 0 Å². The van der Waals surface area contributed by atoms with Crippen LogP contribution in [0.25, 0.3) is 0 Å². The van der Waals surface area contributed by atoms with Crippen LogP contribution in [0.2, 0.25) is 0 Å². The van der Waals surface area contributed by atoms with E-state index in [9.17, 15) is 0 Å². The van der Waals surface area contributed by atoms with Crippen LogP contribution in [0.1, 0.15) is 44.4 Å². The quantitative estimate of drug-likeness (QED) is 0.598. The fourth-order valence-corrected chi connectivity index (χ4v) is 3.76. The molecule has 20 heavy (non-hydrogen) atoms. The number of nitrogens with two attached hydrogens (primary N) is 1. The molecule has 2 rings (SSSR count). The largest absolute Gasteiger partial charge is 0.370 e. The number of guanidine groups is 1. The van der Waals surface area contributed by atoms with Gasteiger partial charge in [0.2, 0.25) is 0 Å². The number of rotatable bonds is 7. The minimum absolute atomic E-state index is 0.439. The van der Waals surface area contributed by atoms with E-state index in [2.05, 4.69) is 41.7 Å². The molecule has 4 heteroatoms. The fourth-order valence-electron chi connectivity index (χ4n) is 3.05. The molecule has 1 aliphatic rings. The molecule has 1 aromatic heterocycles. The third-order valence-corrected chi connectivity index (χ3v) is 5.03. The normalized spacial score (nSPS) is 18.1. The van der Waals surface area contributed by atoms with Gasteiger partial charge in [-0.25, -0.2) is 0 Å². The molecule has 1 saturated carbocycles. The Morgan fingerprint density at radius 1 is 1.50 bits per heavy atom. The number of thiophene rings is 1. The summed E-state index contributed by atoms with van der Waals surface area (Å²) < 4.78 is 0. The van der Waals surface area contributed by atoms with Crippen molar-refractivity contribution in [3.8, 4) is 0 Å². The molecule has 0 unspecified atom stereocenters. The average molecular weight is 293 g/mol. The van der Waals surface area contributed by atoms with E-state index < -0.39 is 0 Å². The predicted octanol–water partition coefficient (Wildman–Crippen LogP) is 3.41. The minimum Gasteiger partial charge on any atom is -0.370 e. The molecule has 0 atom stereocenters. The summed E-state index contributed by atoms with van der Waals surface area (Å²) in [5.74, 6) is 1.36.